The van der Waals surface area contributed by atoms with Crippen LogP contribution in [-0.4, -0.2) is 27.7 Å². The molecule has 3 aliphatic rings. The van der Waals surface area contributed by atoms with Crippen molar-refractivity contribution in [1.29, 1.82) is 5.26 Å². The molecule has 0 radical (unpaired) electrons. The zero-order chi connectivity index (χ0) is 17.2. The van der Waals surface area contributed by atoms with E-state index in [1.54, 1.807) is 6.20 Å². The minimum absolute atomic E-state index is 0.116. The van der Waals surface area contributed by atoms with Gasteiger partial charge >= 0.3 is 5.97 Å². The highest BCUT2D eigenvalue weighted by Crippen LogP contribution is 2.52. The summed E-state index contributed by atoms with van der Waals surface area (Å²) in [7, 11) is 0. The average Bonchev–Trinajstić information content (AvgIpc) is 3.53. The summed E-state index contributed by atoms with van der Waals surface area (Å²) in [4.78, 5) is 11.7. The third-order valence-corrected chi connectivity index (χ3v) is 6.24. The van der Waals surface area contributed by atoms with Gasteiger partial charge in [-0.15, -0.1) is 0 Å². The van der Waals surface area contributed by atoms with Crippen LogP contribution in [0.5, 0.6) is 0 Å². The first kappa shape index (κ1) is 15.0. The summed E-state index contributed by atoms with van der Waals surface area (Å²) < 4.78 is 7.83. The smallest absolute Gasteiger partial charge is 0.337 e. The number of aromatic carboxylic acids is 1. The molecule has 2 saturated carbocycles. The molecule has 5 rings (SSSR count). The summed E-state index contributed by atoms with van der Waals surface area (Å²) in [5, 5.41) is 19.2. The molecule has 5 heteroatoms. The summed E-state index contributed by atoms with van der Waals surface area (Å²) in [5.41, 5.74) is 2.56. The van der Waals surface area contributed by atoms with Crippen LogP contribution < -0.4 is 0 Å². The van der Waals surface area contributed by atoms with E-state index in [0.29, 0.717) is 11.5 Å². The van der Waals surface area contributed by atoms with Crippen molar-refractivity contribution in [2.24, 2.45) is 0 Å². The molecule has 25 heavy (non-hydrogen) atoms. The van der Waals surface area contributed by atoms with E-state index in [0.717, 1.165) is 50.6 Å². The van der Waals surface area contributed by atoms with E-state index in [1.165, 1.54) is 5.56 Å². The lowest BCUT2D eigenvalue weighted by Crippen LogP contribution is -2.26. The van der Waals surface area contributed by atoms with E-state index in [1.807, 2.05) is 10.5 Å². The second-order valence-corrected chi connectivity index (χ2v) is 7.89. The number of nitriles is 1. The van der Waals surface area contributed by atoms with Gasteiger partial charge in [0.05, 0.1) is 28.2 Å². The lowest BCUT2D eigenvalue weighted by Gasteiger charge is -2.30. The summed E-state index contributed by atoms with van der Waals surface area (Å²) in [5.74, 6) is -0.490. The van der Waals surface area contributed by atoms with Gasteiger partial charge in [-0.3, -0.25) is 0 Å². The molecule has 0 bridgehead atoms. The maximum atomic E-state index is 11.7. The molecule has 1 atom stereocenters. The third-order valence-electron chi connectivity index (χ3n) is 6.24. The van der Waals surface area contributed by atoms with Crippen molar-refractivity contribution < 1.29 is 14.6 Å². The number of hydrogen-bond acceptors (Lipinski definition) is 3. The summed E-state index contributed by atoms with van der Waals surface area (Å²) in [6, 6.07) is 6.46. The number of carbonyl (C=O) groups is 1. The van der Waals surface area contributed by atoms with Crippen LogP contribution in [0.15, 0.2) is 24.5 Å². The third kappa shape index (κ3) is 2.21. The molecule has 0 amide bonds. The van der Waals surface area contributed by atoms with Crippen molar-refractivity contribution in [3.63, 3.8) is 0 Å². The number of pyridine rings is 1. The van der Waals surface area contributed by atoms with E-state index < -0.39 is 11.4 Å². The first-order chi connectivity index (χ1) is 12.1. The lowest BCUT2D eigenvalue weighted by atomic mass is 9.88. The number of carboxylic acids is 1. The molecule has 128 valence electrons. The average molecular weight is 336 g/mol. The van der Waals surface area contributed by atoms with Crippen LogP contribution in [0.1, 0.15) is 65.9 Å². The fourth-order valence-corrected chi connectivity index (χ4v) is 4.44. The largest absolute Gasteiger partial charge is 0.478 e. The van der Waals surface area contributed by atoms with Gasteiger partial charge in [0, 0.05) is 24.6 Å². The Morgan fingerprint density at radius 3 is 2.72 bits per heavy atom. The molecule has 2 aliphatic carbocycles. The molecule has 5 nitrogen and oxygen atoms in total. The van der Waals surface area contributed by atoms with Crippen molar-refractivity contribution in [3.05, 3.63) is 41.2 Å². The Morgan fingerprint density at radius 2 is 2.08 bits per heavy atom. The van der Waals surface area contributed by atoms with Crippen LogP contribution in [0, 0.1) is 11.3 Å². The standard InChI is InChI=1S/C20H20N2O3/c21-12-19(4-5-19)17-15(18(23)24)11-22-10-14(1-2-16(17)22)13-3-8-25-20(9-13)6-7-20/h1-2,10-11,13H,3-9H2,(H,23,24)/t13-/m0/s1. The van der Waals surface area contributed by atoms with Crippen LogP contribution in [0.25, 0.3) is 5.52 Å². The number of ether oxygens (including phenoxy) is 1. The maximum absolute atomic E-state index is 11.7. The summed E-state index contributed by atoms with van der Waals surface area (Å²) in [6.07, 6.45) is 9.61. The van der Waals surface area contributed by atoms with Gasteiger partial charge in [0.25, 0.3) is 0 Å². The first-order valence-corrected chi connectivity index (χ1v) is 9.00. The minimum Gasteiger partial charge on any atom is -0.478 e. The molecular weight excluding hydrogens is 316 g/mol. The van der Waals surface area contributed by atoms with Crippen molar-refractivity contribution >= 4 is 11.5 Å². The van der Waals surface area contributed by atoms with Gasteiger partial charge in [0.1, 0.15) is 0 Å². The van der Waals surface area contributed by atoms with E-state index in [4.69, 9.17) is 4.74 Å². The number of fused-ring (bicyclic) bond motifs is 1. The molecule has 3 heterocycles. The molecule has 1 saturated heterocycles. The van der Waals surface area contributed by atoms with Crippen LogP contribution in [0.4, 0.5) is 0 Å². The number of hydrogen-bond donors (Lipinski definition) is 1. The van der Waals surface area contributed by atoms with Crippen molar-refractivity contribution in [2.75, 3.05) is 6.61 Å². The van der Waals surface area contributed by atoms with Crippen LogP contribution in [0.3, 0.4) is 0 Å². The zero-order valence-corrected chi connectivity index (χ0v) is 14.0. The van der Waals surface area contributed by atoms with Crippen molar-refractivity contribution in [2.45, 2.75) is 55.5 Å². The van der Waals surface area contributed by atoms with Crippen LogP contribution in [-0.2, 0) is 10.2 Å². The highest BCUT2D eigenvalue weighted by Gasteiger charge is 2.49. The van der Waals surface area contributed by atoms with Gasteiger partial charge in [-0.2, -0.15) is 5.26 Å². The zero-order valence-electron chi connectivity index (χ0n) is 14.0. The Hall–Kier alpha value is -2.32. The van der Waals surface area contributed by atoms with Gasteiger partial charge < -0.3 is 14.2 Å². The lowest BCUT2D eigenvalue weighted by molar-refractivity contribution is -0.0132. The van der Waals surface area contributed by atoms with Crippen LogP contribution in [0.2, 0.25) is 0 Å². The van der Waals surface area contributed by atoms with Crippen molar-refractivity contribution in [3.8, 4) is 6.07 Å². The van der Waals surface area contributed by atoms with E-state index >= 15 is 0 Å². The normalized spacial score (nSPS) is 25.6. The Labute approximate surface area is 145 Å². The molecule has 0 unspecified atom stereocenters. The summed E-state index contributed by atoms with van der Waals surface area (Å²) in [6.45, 7) is 0.803. The SMILES string of the molecule is N#CC1(c2c(C(=O)O)cn3cc([C@H]4CCOC5(CC5)C4)ccc23)CC1. The number of rotatable bonds is 3. The van der Waals surface area contributed by atoms with E-state index in [-0.39, 0.29) is 11.2 Å². The second kappa shape index (κ2) is 4.86. The Morgan fingerprint density at radius 1 is 1.28 bits per heavy atom. The van der Waals surface area contributed by atoms with Gasteiger partial charge in [-0.25, -0.2) is 4.79 Å². The molecule has 1 spiro atoms. The Bertz CT molecular complexity index is 928. The highest BCUT2D eigenvalue weighted by molar-refractivity contribution is 5.94. The maximum Gasteiger partial charge on any atom is 0.337 e. The molecule has 1 N–H and O–H groups in total. The molecule has 2 aromatic heterocycles. The molecule has 0 aromatic carbocycles. The predicted molar refractivity (Wildman–Crippen MR) is 90.8 cm³/mol. The van der Waals surface area contributed by atoms with Gasteiger partial charge in [0.2, 0.25) is 0 Å². The molecule has 2 aromatic rings. The number of aromatic nitrogens is 1. The monoisotopic (exact) mass is 336 g/mol. The van der Waals surface area contributed by atoms with Crippen LogP contribution >= 0.6 is 0 Å². The molecular formula is C20H20N2O3. The predicted octanol–water partition coefficient (Wildman–Crippen LogP) is 3.62. The highest BCUT2D eigenvalue weighted by atomic mass is 16.5. The van der Waals surface area contributed by atoms with E-state index in [2.05, 4.69) is 18.3 Å². The minimum atomic E-state index is -0.954. The van der Waals surface area contributed by atoms with E-state index in [9.17, 15) is 15.2 Å². The fraction of sp³-hybridized carbons (Fsp3) is 0.500. The topological polar surface area (TPSA) is 74.7 Å². The first-order valence-electron chi connectivity index (χ1n) is 9.00. The fourth-order valence-electron chi connectivity index (χ4n) is 4.44. The van der Waals surface area contributed by atoms with Gasteiger partial charge in [-0.1, -0.05) is 6.07 Å². The second-order valence-electron chi connectivity index (χ2n) is 7.89. The quantitative estimate of drug-likeness (QED) is 0.929. The summed E-state index contributed by atoms with van der Waals surface area (Å²) >= 11 is 0. The number of carboxylic acid groups (broad SMARTS) is 1. The Kier molecular flexibility index (Phi) is 2.91. The Balaban J connectivity index is 1.59. The van der Waals surface area contributed by atoms with Crippen molar-refractivity contribution in [1.82, 2.24) is 4.40 Å². The van der Waals surface area contributed by atoms with Gasteiger partial charge in [0.15, 0.2) is 0 Å². The molecule has 1 aliphatic heterocycles. The molecule has 3 fully saturated rings. The number of nitrogens with zero attached hydrogens (tertiary/aromatic N) is 2. The van der Waals surface area contributed by atoms with Gasteiger partial charge in [-0.05, 0) is 56.1 Å².